The highest BCUT2D eigenvalue weighted by Gasteiger charge is 2.60. The summed E-state index contributed by atoms with van der Waals surface area (Å²) in [6, 6.07) is 5.89. The molecule has 0 radical (unpaired) electrons. The Morgan fingerprint density at radius 1 is 1.36 bits per heavy atom. The van der Waals surface area contributed by atoms with Crippen LogP contribution in [0.15, 0.2) is 18.2 Å². The third-order valence-electron chi connectivity index (χ3n) is 8.20. The highest BCUT2D eigenvalue weighted by molar-refractivity contribution is 14.1. The van der Waals surface area contributed by atoms with E-state index in [2.05, 4.69) is 18.3 Å². The molecule has 0 aliphatic heterocycles. The second-order valence-electron chi connectivity index (χ2n) is 9.33. The number of fused-ring (bicyclic) bond motifs is 5. The number of aryl methyl sites for hydroxylation is 1. The number of amides is 1. The summed E-state index contributed by atoms with van der Waals surface area (Å²) >= 11 is 1.80. The molecule has 0 spiro atoms. The van der Waals surface area contributed by atoms with Gasteiger partial charge in [0, 0.05) is 7.92 Å². The third-order valence-corrected chi connectivity index (χ3v) is 8.76. The maximum Gasteiger partial charge on any atom is 0.229 e. The Bertz CT molecular complexity index is 787. The number of aliphatic hydroxyl groups is 1. The Balaban J connectivity index is 1.45. The van der Waals surface area contributed by atoms with E-state index < -0.39 is 10.0 Å². The van der Waals surface area contributed by atoms with Crippen molar-refractivity contribution in [2.75, 3.05) is 10.9 Å². The lowest BCUT2D eigenvalue weighted by molar-refractivity contribution is -0.119. The minimum absolute atomic E-state index is 0.0617. The summed E-state index contributed by atoms with van der Waals surface area (Å²) in [5, 5.41) is 24.3. The van der Waals surface area contributed by atoms with Crippen LogP contribution in [0.3, 0.4) is 0 Å². The van der Waals surface area contributed by atoms with Gasteiger partial charge >= 0.3 is 0 Å². The second-order valence-corrected chi connectivity index (χ2v) is 9.95. The molecule has 1 unspecified atom stereocenters. The van der Waals surface area contributed by atoms with Gasteiger partial charge in [0.05, 0.1) is 10.0 Å². The van der Waals surface area contributed by atoms with Crippen molar-refractivity contribution < 1.29 is 16.4 Å². The van der Waals surface area contributed by atoms with Gasteiger partial charge in [-0.1, -0.05) is 35.6 Å². The van der Waals surface area contributed by atoms with Crippen LogP contribution in [-0.2, 0) is 11.2 Å². The summed E-state index contributed by atoms with van der Waals surface area (Å²) in [7, 11) is 0. The number of nitrogens with one attached hydrogen (secondary N) is 1. The molecule has 4 nitrogen and oxygen atoms in total. The topological polar surface area (TPSA) is 69.6 Å². The predicted molar refractivity (Wildman–Crippen MR) is 119 cm³/mol. The first-order valence-corrected chi connectivity index (χ1v) is 11.9. The maximum atomic E-state index is 11.7. The smallest absolute Gasteiger partial charge is 0.229 e. The lowest BCUT2D eigenvalue weighted by Crippen LogP contribution is -2.51. The molecule has 4 rings (SSSR count). The van der Waals surface area contributed by atoms with E-state index in [1.165, 1.54) is 11.1 Å². The van der Waals surface area contributed by atoms with Crippen LogP contribution in [0.25, 0.3) is 0 Å². The SMILES string of the molecule is [3H]C(I)C(=O)NCCC[C@]1(O)CC[C@H]2[C@@H]3CCc4cc(O)ccc4[C@H]3CC[C@@]21C. The molecule has 0 heterocycles. The number of carbonyl (C=O) groups is 1. The van der Waals surface area contributed by atoms with Gasteiger partial charge in [-0.2, -0.15) is 0 Å². The number of phenols is 1. The molecule has 154 valence electrons. The van der Waals surface area contributed by atoms with Crippen LogP contribution in [0.1, 0.15) is 70.3 Å². The Kier molecular flexibility index (Phi) is 5.33. The van der Waals surface area contributed by atoms with Crippen LogP contribution in [-0.4, -0.2) is 32.7 Å². The average Bonchev–Trinajstić information content (AvgIpc) is 2.96. The van der Waals surface area contributed by atoms with Crippen LogP contribution in [0.5, 0.6) is 5.75 Å². The number of phenolic OH excluding ortho intramolecular Hbond substituents is 1. The first-order valence-electron chi connectivity index (χ1n) is 11.2. The molecule has 5 heteroatoms. The summed E-state index contributed by atoms with van der Waals surface area (Å²) in [6.45, 7) is 2.83. The van der Waals surface area contributed by atoms with E-state index >= 15 is 0 Å². The minimum atomic E-state index is -0.768. The molecule has 0 aromatic heterocycles. The van der Waals surface area contributed by atoms with Crippen molar-refractivity contribution in [3.63, 3.8) is 0 Å². The van der Waals surface area contributed by atoms with Crippen LogP contribution in [0, 0.1) is 17.3 Å². The van der Waals surface area contributed by atoms with Crippen LogP contribution < -0.4 is 5.32 Å². The van der Waals surface area contributed by atoms with Crippen LogP contribution in [0.4, 0.5) is 0 Å². The van der Waals surface area contributed by atoms with Gasteiger partial charge in [-0.15, -0.1) is 0 Å². The van der Waals surface area contributed by atoms with Crippen LogP contribution in [0.2, 0.25) is 0 Å². The zero-order chi connectivity index (χ0) is 20.8. The van der Waals surface area contributed by atoms with E-state index in [0.717, 1.165) is 44.9 Å². The quantitative estimate of drug-likeness (QED) is 0.321. The lowest BCUT2D eigenvalue weighted by atomic mass is 9.53. The zero-order valence-electron chi connectivity index (χ0n) is 17.6. The molecular formula is C23H32INO3. The molecule has 0 saturated heterocycles. The number of carbonyl (C=O) groups excluding carboxylic acids is 1. The van der Waals surface area contributed by atoms with Crippen molar-refractivity contribution in [1.29, 1.82) is 0 Å². The fourth-order valence-electron chi connectivity index (χ4n) is 6.72. The molecule has 2 saturated carbocycles. The van der Waals surface area contributed by atoms with Crippen molar-refractivity contribution in [1.82, 2.24) is 5.32 Å². The van der Waals surface area contributed by atoms with E-state index in [1.54, 1.807) is 22.6 Å². The summed E-state index contributed by atoms with van der Waals surface area (Å²) < 4.78 is 6.67. The van der Waals surface area contributed by atoms with Gasteiger partial charge in [-0.25, -0.2) is 0 Å². The molecule has 0 bridgehead atoms. The van der Waals surface area contributed by atoms with Gasteiger partial charge in [0.2, 0.25) is 5.91 Å². The summed E-state index contributed by atoms with van der Waals surface area (Å²) in [4.78, 5) is 11.6. The van der Waals surface area contributed by atoms with Crippen molar-refractivity contribution in [3.05, 3.63) is 29.3 Å². The predicted octanol–water partition coefficient (Wildman–Crippen LogP) is 4.31. The molecule has 3 aliphatic carbocycles. The second kappa shape index (κ2) is 7.78. The molecule has 2 fully saturated rings. The number of hydrogen-bond acceptors (Lipinski definition) is 3. The summed E-state index contributed by atoms with van der Waals surface area (Å²) in [6.07, 6.45) is 7.70. The van der Waals surface area contributed by atoms with E-state index in [1.807, 2.05) is 12.1 Å². The Labute approximate surface area is 183 Å². The van der Waals surface area contributed by atoms with Gasteiger partial charge < -0.3 is 15.5 Å². The average molecular weight is 499 g/mol. The number of benzene rings is 1. The number of alkyl halides is 1. The molecule has 3 N–H and O–H groups in total. The van der Waals surface area contributed by atoms with Crippen LogP contribution >= 0.6 is 22.6 Å². The highest BCUT2D eigenvalue weighted by atomic mass is 127. The van der Waals surface area contributed by atoms with E-state index in [-0.39, 0.29) is 11.3 Å². The van der Waals surface area contributed by atoms with Crippen molar-refractivity contribution in [2.45, 2.75) is 69.8 Å². The van der Waals surface area contributed by atoms with E-state index in [0.29, 0.717) is 36.5 Å². The molecule has 1 amide bonds. The fraction of sp³-hybridized carbons (Fsp3) is 0.696. The number of aromatic hydroxyl groups is 1. The van der Waals surface area contributed by atoms with Gasteiger partial charge in [0.15, 0.2) is 0 Å². The number of rotatable bonds is 5. The standard InChI is InChI=1S/C23H32INO3/c1-22-10-7-18-17-6-4-16(26)13-15(17)3-5-19(18)20(22)8-11-23(22,28)9-2-12-25-21(27)14-24/h4,6,13,18-20,26,28H,2-3,5,7-12,14H2,1H3,(H,25,27)/t18-,19-,20+,22+,23+/m1/s1/i14T/t14?,18-,19-,20+,22+,23+. The molecule has 28 heavy (non-hydrogen) atoms. The van der Waals surface area contributed by atoms with Crippen molar-refractivity contribution >= 4 is 28.5 Å². The van der Waals surface area contributed by atoms with Gasteiger partial charge in [0.25, 0.3) is 0 Å². The van der Waals surface area contributed by atoms with Gasteiger partial charge in [-0.3, -0.25) is 4.79 Å². The molecule has 6 atom stereocenters. The van der Waals surface area contributed by atoms with E-state index in [4.69, 9.17) is 1.37 Å². The zero-order valence-corrected chi connectivity index (χ0v) is 18.7. The molecule has 1 aromatic rings. The fourth-order valence-corrected chi connectivity index (χ4v) is 6.94. The van der Waals surface area contributed by atoms with Gasteiger partial charge in [-0.05, 0) is 97.8 Å². The molecular weight excluding hydrogens is 465 g/mol. The monoisotopic (exact) mass is 499 g/mol. The third kappa shape index (κ3) is 3.36. The molecule has 3 aliphatic rings. The maximum absolute atomic E-state index is 11.7. The summed E-state index contributed by atoms with van der Waals surface area (Å²) in [5.74, 6) is 1.82. The largest absolute Gasteiger partial charge is 0.508 e. The minimum Gasteiger partial charge on any atom is -0.508 e. The normalized spacial score (nSPS) is 38.0. The lowest BCUT2D eigenvalue weighted by Gasteiger charge is -2.53. The van der Waals surface area contributed by atoms with E-state index in [9.17, 15) is 15.0 Å². The first kappa shape index (κ1) is 19.2. The summed E-state index contributed by atoms with van der Waals surface area (Å²) in [5.41, 5.74) is 2.01. The highest BCUT2D eigenvalue weighted by Crippen LogP contribution is 2.65. The Morgan fingerprint density at radius 3 is 2.96 bits per heavy atom. The molecule has 1 aromatic carbocycles. The first-order chi connectivity index (χ1) is 13.7. The Hall–Kier alpha value is -0.820. The number of halogens is 1. The van der Waals surface area contributed by atoms with Gasteiger partial charge in [0.1, 0.15) is 5.75 Å². The van der Waals surface area contributed by atoms with Crippen molar-refractivity contribution in [2.24, 2.45) is 17.3 Å². The number of hydrogen-bond donors (Lipinski definition) is 3. The van der Waals surface area contributed by atoms with Crippen molar-refractivity contribution in [3.8, 4) is 5.75 Å². The Morgan fingerprint density at radius 2 is 2.18 bits per heavy atom.